The van der Waals surface area contributed by atoms with Crippen molar-refractivity contribution in [2.75, 3.05) is 6.54 Å². The molecule has 2 aliphatic rings. The molecule has 0 fully saturated rings. The number of rotatable bonds is 3. The van der Waals surface area contributed by atoms with Gasteiger partial charge in [0.1, 0.15) is 0 Å². The van der Waals surface area contributed by atoms with E-state index in [9.17, 15) is 14.9 Å². The predicted octanol–water partition coefficient (Wildman–Crippen LogP) is 2.40. The lowest BCUT2D eigenvalue weighted by atomic mass is 10.0. The lowest BCUT2D eigenvalue weighted by molar-refractivity contribution is -0.777. The molecular weight excluding hydrogens is 312 g/mol. The van der Waals surface area contributed by atoms with Crippen molar-refractivity contribution in [1.29, 1.82) is 0 Å². The van der Waals surface area contributed by atoms with Crippen molar-refractivity contribution in [3.63, 3.8) is 0 Å². The summed E-state index contributed by atoms with van der Waals surface area (Å²) in [5.74, 6) is -0.217. The lowest BCUT2D eigenvalue weighted by Gasteiger charge is -2.10. The van der Waals surface area contributed by atoms with E-state index in [1.165, 1.54) is 33.7 Å². The third kappa shape index (κ3) is 3.04. The number of ketones is 1. The molecule has 6 heteroatoms. The van der Waals surface area contributed by atoms with Crippen molar-refractivity contribution >= 4 is 23.2 Å². The summed E-state index contributed by atoms with van der Waals surface area (Å²) in [4.78, 5) is 24.7. The first-order valence-electron chi connectivity index (χ1n) is 7.24. The molecule has 1 aromatic carbocycles. The van der Waals surface area contributed by atoms with Gasteiger partial charge in [-0.15, -0.1) is 0 Å². The van der Waals surface area contributed by atoms with Crippen LogP contribution in [0.4, 0.5) is 5.69 Å². The van der Waals surface area contributed by atoms with Gasteiger partial charge in [-0.3, -0.25) is 19.8 Å². The number of carbonyl (C=O) groups is 1. The highest BCUT2D eigenvalue weighted by atomic mass is 32.2. The maximum Gasteiger partial charge on any atom is 0.270 e. The molecular formula is C17H15N2O3S+. The standard InChI is InChI=1S/C17H14N2O3S/c1-2-18-14-5-3-4-6-16(14)23-17(18)10-7-12-11-13(19(21)22)8-9-15(12)20/h3-11H,2H2,1H3/p+1. The Morgan fingerprint density at radius 2 is 2.04 bits per heavy atom. The highest BCUT2D eigenvalue weighted by molar-refractivity contribution is 8.03. The fraction of sp³-hybridized carbons (Fsp3) is 0.118. The number of hydrogen-bond acceptors (Lipinski definition) is 4. The number of quaternary nitrogens is 1. The van der Waals surface area contributed by atoms with Crippen LogP contribution in [0.2, 0.25) is 0 Å². The number of carbonyl (C=O) groups excluding carboxylic acids is 1. The maximum absolute atomic E-state index is 11.9. The van der Waals surface area contributed by atoms with E-state index < -0.39 is 4.92 Å². The maximum atomic E-state index is 11.9. The van der Waals surface area contributed by atoms with Crippen molar-refractivity contribution in [3.05, 3.63) is 81.1 Å². The molecule has 1 heterocycles. The van der Waals surface area contributed by atoms with E-state index in [2.05, 4.69) is 19.1 Å². The normalized spacial score (nSPS) is 23.3. The summed E-state index contributed by atoms with van der Waals surface area (Å²) in [6, 6.07) is 8.18. The van der Waals surface area contributed by atoms with Gasteiger partial charge in [0.2, 0.25) is 0 Å². The number of para-hydroxylation sites is 1. The molecule has 1 aliphatic heterocycles. The minimum Gasteiger partial charge on any atom is -0.289 e. The largest absolute Gasteiger partial charge is 0.289 e. The van der Waals surface area contributed by atoms with Crippen LogP contribution in [-0.2, 0) is 4.79 Å². The number of nitrogens with zero attached hydrogens (tertiary/aromatic N) is 1. The zero-order valence-corrected chi connectivity index (χ0v) is 13.3. The first-order chi connectivity index (χ1) is 11.1. The Morgan fingerprint density at radius 1 is 1.26 bits per heavy atom. The summed E-state index contributed by atoms with van der Waals surface area (Å²) in [5, 5.41) is 11.9. The first-order valence-corrected chi connectivity index (χ1v) is 8.05. The number of nitro groups is 1. The van der Waals surface area contributed by atoms with Crippen molar-refractivity contribution < 1.29 is 14.6 Å². The molecule has 0 aromatic heterocycles. The molecule has 1 N–H and O–H groups in total. The van der Waals surface area contributed by atoms with Gasteiger partial charge in [-0.1, -0.05) is 12.1 Å². The molecule has 0 bridgehead atoms. The van der Waals surface area contributed by atoms with Crippen LogP contribution in [0.5, 0.6) is 0 Å². The average Bonchev–Trinajstić information content (AvgIpc) is 2.91. The summed E-state index contributed by atoms with van der Waals surface area (Å²) in [5.41, 5.74) is 1.48. The Labute approximate surface area is 137 Å². The van der Waals surface area contributed by atoms with Crippen LogP contribution >= 0.6 is 11.8 Å². The summed E-state index contributed by atoms with van der Waals surface area (Å²) in [7, 11) is 0. The van der Waals surface area contributed by atoms with Gasteiger partial charge in [-0.05, 0) is 36.9 Å². The van der Waals surface area contributed by atoms with E-state index in [1.54, 1.807) is 17.8 Å². The van der Waals surface area contributed by atoms with E-state index in [0.29, 0.717) is 5.57 Å². The number of thioether (sulfide) groups is 1. The monoisotopic (exact) mass is 327 g/mol. The summed E-state index contributed by atoms with van der Waals surface area (Å²) in [6.07, 6.45) is 7.33. The van der Waals surface area contributed by atoms with Crippen molar-refractivity contribution in [1.82, 2.24) is 0 Å². The molecule has 5 nitrogen and oxygen atoms in total. The van der Waals surface area contributed by atoms with Crippen LogP contribution in [0.15, 0.2) is 75.8 Å². The Morgan fingerprint density at radius 3 is 2.78 bits per heavy atom. The summed E-state index contributed by atoms with van der Waals surface area (Å²) in [6.45, 7) is 2.99. The Hall–Kier alpha value is -2.44. The summed E-state index contributed by atoms with van der Waals surface area (Å²) >= 11 is 1.66. The minimum absolute atomic E-state index is 0.0729. The molecule has 1 atom stereocenters. The zero-order valence-electron chi connectivity index (χ0n) is 12.5. The molecule has 116 valence electrons. The van der Waals surface area contributed by atoms with Crippen LogP contribution in [0.3, 0.4) is 0 Å². The summed E-state index contributed by atoms with van der Waals surface area (Å²) < 4.78 is 0. The number of allylic oxidation sites excluding steroid dienone is 6. The van der Waals surface area contributed by atoms with E-state index in [1.807, 2.05) is 18.2 Å². The van der Waals surface area contributed by atoms with Gasteiger partial charge in [-0.25, -0.2) is 0 Å². The van der Waals surface area contributed by atoms with Gasteiger partial charge in [0.15, 0.2) is 16.5 Å². The number of benzene rings is 1. The van der Waals surface area contributed by atoms with Crippen LogP contribution in [-0.4, -0.2) is 17.3 Å². The highest BCUT2D eigenvalue weighted by Gasteiger charge is 2.29. The van der Waals surface area contributed by atoms with Crippen molar-refractivity contribution in [2.24, 2.45) is 0 Å². The Bertz CT molecular complexity index is 806. The van der Waals surface area contributed by atoms with Crippen LogP contribution in [0.1, 0.15) is 6.92 Å². The molecule has 1 aliphatic carbocycles. The van der Waals surface area contributed by atoms with E-state index in [4.69, 9.17) is 0 Å². The molecule has 3 rings (SSSR count). The second kappa shape index (κ2) is 6.36. The van der Waals surface area contributed by atoms with Crippen molar-refractivity contribution in [2.45, 2.75) is 11.8 Å². The Kier molecular flexibility index (Phi) is 4.27. The second-order valence-electron chi connectivity index (χ2n) is 5.11. The third-order valence-corrected chi connectivity index (χ3v) is 4.88. The van der Waals surface area contributed by atoms with Gasteiger partial charge < -0.3 is 0 Å². The molecule has 1 aromatic rings. The fourth-order valence-electron chi connectivity index (χ4n) is 2.56. The fourth-order valence-corrected chi connectivity index (χ4v) is 3.76. The van der Waals surface area contributed by atoms with E-state index in [0.717, 1.165) is 11.6 Å². The van der Waals surface area contributed by atoms with Crippen molar-refractivity contribution in [3.8, 4) is 0 Å². The molecule has 1 unspecified atom stereocenters. The number of hydrogen-bond donors (Lipinski definition) is 1. The minimum atomic E-state index is -0.492. The Balaban J connectivity index is 1.92. The smallest absolute Gasteiger partial charge is 0.270 e. The van der Waals surface area contributed by atoms with E-state index >= 15 is 0 Å². The van der Waals surface area contributed by atoms with Gasteiger partial charge in [0, 0.05) is 29.9 Å². The molecule has 0 amide bonds. The van der Waals surface area contributed by atoms with Crippen LogP contribution in [0.25, 0.3) is 0 Å². The zero-order chi connectivity index (χ0) is 16.4. The highest BCUT2D eigenvalue weighted by Crippen LogP contribution is 2.35. The van der Waals surface area contributed by atoms with Gasteiger partial charge in [-0.2, -0.15) is 0 Å². The molecule has 0 saturated heterocycles. The van der Waals surface area contributed by atoms with Crippen LogP contribution in [0, 0.1) is 10.1 Å². The number of fused-ring (bicyclic) bond motifs is 1. The number of nitrogens with one attached hydrogen (secondary N) is 1. The molecule has 23 heavy (non-hydrogen) atoms. The average molecular weight is 327 g/mol. The topological polar surface area (TPSA) is 64.7 Å². The molecule has 0 spiro atoms. The quantitative estimate of drug-likeness (QED) is 0.526. The van der Waals surface area contributed by atoms with Gasteiger partial charge in [0.05, 0.1) is 16.4 Å². The van der Waals surface area contributed by atoms with Gasteiger partial charge >= 0.3 is 0 Å². The predicted molar refractivity (Wildman–Crippen MR) is 88.9 cm³/mol. The second-order valence-corrected chi connectivity index (χ2v) is 6.19. The first kappa shape index (κ1) is 15.5. The third-order valence-electron chi connectivity index (χ3n) is 3.70. The van der Waals surface area contributed by atoms with Crippen LogP contribution < -0.4 is 4.90 Å². The lowest BCUT2D eigenvalue weighted by Crippen LogP contribution is -3.03. The van der Waals surface area contributed by atoms with E-state index in [-0.39, 0.29) is 11.5 Å². The van der Waals surface area contributed by atoms with Gasteiger partial charge in [0.25, 0.3) is 5.70 Å². The SMILES string of the molecule is CC[NH+]1C(=CC=C2C=C([N+](=O)[O-])C=CC2=O)Sc2ccccc21. The molecule has 0 radical (unpaired) electrons. The molecule has 0 saturated carbocycles.